The summed E-state index contributed by atoms with van der Waals surface area (Å²) < 4.78 is 13.9. The first-order valence-corrected chi connectivity index (χ1v) is 18.3. The zero-order chi connectivity index (χ0) is 32.2. The summed E-state index contributed by atoms with van der Waals surface area (Å²) in [4.78, 5) is 20.5. The van der Waals surface area contributed by atoms with Gasteiger partial charge in [-0.05, 0) is 54.1 Å². The Labute approximate surface area is 277 Å². The maximum atomic E-state index is 15.1. The summed E-state index contributed by atoms with van der Waals surface area (Å²) in [5, 5.41) is 5.48. The van der Waals surface area contributed by atoms with Crippen LogP contribution in [0.4, 0.5) is 0 Å². The Morgan fingerprint density at radius 1 is 0.660 bits per heavy atom. The Balaban J connectivity index is 1.63. The molecule has 47 heavy (non-hydrogen) atoms. The SMILES string of the molecule is COc1cc(OC)c(-n2c(P(c3ccccc3)c3ccccc3)nc3c(c2=O)CCC=C3)c(P(c2ccccc2)c2ccccc2)c1. The van der Waals surface area contributed by atoms with Crippen molar-refractivity contribution in [2.75, 3.05) is 14.2 Å². The van der Waals surface area contributed by atoms with E-state index in [1.807, 2.05) is 41.0 Å². The molecule has 232 valence electrons. The van der Waals surface area contributed by atoms with Crippen molar-refractivity contribution < 1.29 is 9.47 Å². The van der Waals surface area contributed by atoms with E-state index in [0.29, 0.717) is 29.2 Å². The van der Waals surface area contributed by atoms with Crippen LogP contribution in [0.25, 0.3) is 11.8 Å². The summed E-state index contributed by atoms with van der Waals surface area (Å²) in [5.41, 5.74) is 2.81. The van der Waals surface area contributed by atoms with Gasteiger partial charge in [-0.25, -0.2) is 4.98 Å². The molecule has 1 aromatic heterocycles. The monoisotopic (exact) mass is 652 g/mol. The van der Waals surface area contributed by atoms with Gasteiger partial charge in [0.25, 0.3) is 5.56 Å². The lowest BCUT2D eigenvalue weighted by atomic mass is 10.0. The number of nitrogens with zero attached hydrogens (tertiary/aromatic N) is 2. The number of rotatable bonds is 9. The number of ether oxygens (including phenoxy) is 2. The fourth-order valence-corrected chi connectivity index (χ4v) is 10.8. The van der Waals surface area contributed by atoms with Crippen LogP contribution in [0.15, 0.2) is 144 Å². The average Bonchev–Trinajstić information content (AvgIpc) is 3.14. The summed E-state index contributed by atoms with van der Waals surface area (Å²) in [5.74, 6) is 1.23. The Kier molecular flexibility index (Phi) is 9.11. The second-order valence-electron chi connectivity index (χ2n) is 11.1. The number of hydrogen-bond acceptors (Lipinski definition) is 4. The van der Waals surface area contributed by atoms with Gasteiger partial charge in [-0.15, -0.1) is 0 Å². The molecular weight excluding hydrogens is 618 g/mol. The van der Waals surface area contributed by atoms with Gasteiger partial charge in [-0.1, -0.05) is 127 Å². The molecule has 1 heterocycles. The summed E-state index contributed by atoms with van der Waals surface area (Å²) in [6, 6.07) is 45.7. The summed E-state index contributed by atoms with van der Waals surface area (Å²) >= 11 is 0. The van der Waals surface area contributed by atoms with E-state index >= 15 is 4.79 Å². The van der Waals surface area contributed by atoms with Crippen molar-refractivity contribution in [1.29, 1.82) is 0 Å². The highest BCUT2D eigenvalue weighted by molar-refractivity contribution is 7.80. The second kappa shape index (κ2) is 13.9. The molecule has 0 amide bonds. The van der Waals surface area contributed by atoms with Crippen molar-refractivity contribution in [3.63, 3.8) is 0 Å². The number of hydrogen-bond donors (Lipinski definition) is 0. The van der Waals surface area contributed by atoms with Gasteiger partial charge >= 0.3 is 0 Å². The van der Waals surface area contributed by atoms with Gasteiger partial charge in [0, 0.05) is 24.9 Å². The van der Waals surface area contributed by atoms with Gasteiger partial charge in [0.05, 0.1) is 19.9 Å². The zero-order valence-corrected chi connectivity index (χ0v) is 28.1. The molecule has 0 saturated heterocycles. The van der Waals surface area contributed by atoms with Gasteiger partial charge < -0.3 is 9.47 Å². The molecule has 0 fully saturated rings. The lowest BCUT2D eigenvalue weighted by molar-refractivity contribution is 0.394. The van der Waals surface area contributed by atoms with E-state index in [1.54, 1.807) is 14.2 Å². The van der Waals surface area contributed by atoms with E-state index in [9.17, 15) is 0 Å². The van der Waals surface area contributed by atoms with Crippen LogP contribution in [0.1, 0.15) is 17.7 Å². The van der Waals surface area contributed by atoms with Crippen molar-refractivity contribution in [3.8, 4) is 17.2 Å². The van der Waals surface area contributed by atoms with E-state index in [0.717, 1.165) is 44.2 Å². The van der Waals surface area contributed by atoms with Gasteiger partial charge in [0.1, 0.15) is 22.8 Å². The molecule has 5 aromatic carbocycles. The van der Waals surface area contributed by atoms with Crippen LogP contribution in [0.3, 0.4) is 0 Å². The van der Waals surface area contributed by atoms with Gasteiger partial charge in [0.15, 0.2) is 0 Å². The fraction of sp³-hybridized carbons (Fsp3) is 0.100. The Bertz CT molecular complexity index is 2010. The van der Waals surface area contributed by atoms with Crippen molar-refractivity contribution >= 4 is 54.0 Å². The van der Waals surface area contributed by atoms with E-state index in [-0.39, 0.29) is 5.56 Å². The topological polar surface area (TPSA) is 53.4 Å². The van der Waals surface area contributed by atoms with Crippen molar-refractivity contribution in [3.05, 3.63) is 161 Å². The minimum atomic E-state index is -1.25. The van der Waals surface area contributed by atoms with Crippen LogP contribution in [0.5, 0.6) is 11.5 Å². The van der Waals surface area contributed by atoms with E-state index in [1.165, 1.54) is 0 Å². The summed E-state index contributed by atoms with van der Waals surface area (Å²) in [6.45, 7) is 0. The maximum Gasteiger partial charge on any atom is 0.262 e. The zero-order valence-electron chi connectivity index (χ0n) is 26.3. The summed E-state index contributed by atoms with van der Waals surface area (Å²) in [7, 11) is 0.921. The standard InChI is InChI=1S/C40H34N2O3P2/c1-44-29-27-36(45-2)38(37(28-29)46(30-17-7-3-8-18-30)31-19-9-4-10-20-31)42-39(43)34-25-15-16-26-35(34)41-40(42)47(32-21-11-5-12-22-32)33-23-13-6-14-24-33/h3-14,16-24,26-28H,15,25H2,1-2H3. The van der Waals surface area contributed by atoms with Gasteiger partial charge in [-0.3, -0.25) is 9.36 Å². The molecule has 0 radical (unpaired) electrons. The third-order valence-electron chi connectivity index (χ3n) is 8.23. The lowest BCUT2D eigenvalue weighted by Crippen LogP contribution is -2.42. The Morgan fingerprint density at radius 3 is 1.66 bits per heavy atom. The number of fused-ring (bicyclic) bond motifs is 1. The first-order valence-electron chi connectivity index (χ1n) is 15.6. The average molecular weight is 653 g/mol. The molecule has 6 aromatic rings. The molecule has 1 aliphatic rings. The molecule has 1 aliphatic carbocycles. The molecule has 0 N–H and O–H groups in total. The molecule has 0 bridgehead atoms. The van der Waals surface area contributed by atoms with Crippen LogP contribution in [-0.2, 0) is 6.42 Å². The van der Waals surface area contributed by atoms with Crippen LogP contribution in [0.2, 0.25) is 0 Å². The molecule has 0 aliphatic heterocycles. The quantitative estimate of drug-likeness (QED) is 0.188. The van der Waals surface area contributed by atoms with Crippen molar-refractivity contribution in [2.24, 2.45) is 0 Å². The van der Waals surface area contributed by atoms with Crippen LogP contribution >= 0.6 is 15.8 Å². The number of methoxy groups -OCH3 is 2. The Morgan fingerprint density at radius 2 is 1.17 bits per heavy atom. The largest absolute Gasteiger partial charge is 0.497 e. The molecule has 7 rings (SSSR count). The first-order chi connectivity index (χ1) is 23.2. The minimum Gasteiger partial charge on any atom is -0.497 e. The minimum absolute atomic E-state index is 0.0606. The fourth-order valence-electron chi connectivity index (χ4n) is 6.06. The molecule has 0 saturated carbocycles. The maximum absolute atomic E-state index is 15.1. The third kappa shape index (κ3) is 6.05. The summed E-state index contributed by atoms with van der Waals surface area (Å²) in [6.07, 6.45) is 5.54. The van der Waals surface area contributed by atoms with Crippen LogP contribution in [-0.4, -0.2) is 23.8 Å². The predicted octanol–water partition coefficient (Wildman–Crippen LogP) is 5.73. The molecule has 5 nitrogen and oxygen atoms in total. The number of aromatic nitrogens is 2. The predicted molar refractivity (Wildman–Crippen MR) is 198 cm³/mol. The van der Waals surface area contributed by atoms with E-state index < -0.39 is 15.8 Å². The highest BCUT2D eigenvalue weighted by Crippen LogP contribution is 2.41. The highest BCUT2D eigenvalue weighted by Gasteiger charge is 2.32. The normalized spacial score (nSPS) is 12.3. The highest BCUT2D eigenvalue weighted by atomic mass is 31.1. The Hall–Kier alpha value is -4.82. The van der Waals surface area contributed by atoms with Crippen LogP contribution in [0, 0.1) is 0 Å². The number of allylic oxidation sites excluding steroid dienone is 1. The molecule has 0 unspecified atom stereocenters. The van der Waals surface area contributed by atoms with Gasteiger partial charge in [-0.2, -0.15) is 0 Å². The third-order valence-corrected chi connectivity index (χ3v) is 13.0. The smallest absolute Gasteiger partial charge is 0.262 e. The molecular formula is C40H34N2O3P2. The van der Waals surface area contributed by atoms with Crippen molar-refractivity contribution in [2.45, 2.75) is 12.8 Å². The lowest BCUT2D eigenvalue weighted by Gasteiger charge is -2.29. The molecule has 0 atom stereocenters. The van der Waals surface area contributed by atoms with Gasteiger partial charge in [0.2, 0.25) is 0 Å². The van der Waals surface area contributed by atoms with Crippen LogP contribution < -0.4 is 47.1 Å². The number of benzene rings is 5. The van der Waals surface area contributed by atoms with Crippen molar-refractivity contribution in [1.82, 2.24) is 9.55 Å². The van der Waals surface area contributed by atoms with E-state index in [4.69, 9.17) is 14.5 Å². The molecule has 0 spiro atoms. The molecule has 7 heteroatoms. The first kappa shape index (κ1) is 30.8. The second-order valence-corrected chi connectivity index (χ2v) is 15.4. The van der Waals surface area contributed by atoms with E-state index in [2.05, 4.69) is 109 Å².